The Morgan fingerprint density at radius 1 is 1.40 bits per heavy atom. The molecule has 58 valence electrons. The lowest BCUT2D eigenvalue weighted by Crippen LogP contribution is -1.84. The van der Waals surface area contributed by atoms with E-state index in [0.717, 1.165) is 0 Å². The van der Waals surface area contributed by atoms with Crippen molar-refractivity contribution in [2.24, 2.45) is 0 Å². The molecule has 1 rings (SSSR count). The summed E-state index contributed by atoms with van der Waals surface area (Å²) in [5.41, 5.74) is 0. The third-order valence-electron chi connectivity index (χ3n) is 0.965. The Hall–Kier alpha value is -0.100. The van der Waals surface area contributed by atoms with Crippen molar-refractivity contribution in [2.75, 3.05) is 5.75 Å². The number of hydrogen-bond donors (Lipinski definition) is 2. The Labute approximate surface area is 63.3 Å². The summed E-state index contributed by atoms with van der Waals surface area (Å²) < 4.78 is 28.7. The number of hydrogen-bond acceptors (Lipinski definition) is 3. The highest BCUT2D eigenvalue weighted by Gasteiger charge is 2.05. The maximum Gasteiger partial charge on any atom is 0.0507 e. The van der Waals surface area contributed by atoms with Crippen molar-refractivity contribution in [3.63, 3.8) is 0 Å². The van der Waals surface area contributed by atoms with Crippen molar-refractivity contribution in [1.29, 1.82) is 0 Å². The Morgan fingerprint density at radius 3 is 2.80 bits per heavy atom. The summed E-state index contributed by atoms with van der Waals surface area (Å²) in [6, 6.07) is 0. The van der Waals surface area contributed by atoms with E-state index >= 15 is 0 Å². The fraction of sp³-hybridized carbons (Fsp3) is 0.200. The summed E-state index contributed by atoms with van der Waals surface area (Å²) >= 11 is 0. The topological polar surface area (TPSA) is 57.5 Å². The zero-order chi connectivity index (χ0) is 7.61. The molecule has 10 heavy (non-hydrogen) atoms. The highest BCUT2D eigenvalue weighted by atomic mass is 32.3. The molecule has 0 fully saturated rings. The van der Waals surface area contributed by atoms with Gasteiger partial charge < -0.3 is 0 Å². The number of rotatable bonds is 0. The van der Waals surface area contributed by atoms with Crippen LogP contribution < -0.4 is 0 Å². The Bertz CT molecular complexity index is 207. The quantitative estimate of drug-likeness (QED) is 0.593. The minimum atomic E-state index is -2.71. The Morgan fingerprint density at radius 2 is 2.10 bits per heavy atom. The molecule has 0 aromatic heterocycles. The molecule has 1 heterocycles. The van der Waals surface area contributed by atoms with Crippen LogP contribution in [0.25, 0.3) is 0 Å². The van der Waals surface area contributed by atoms with Crippen molar-refractivity contribution in [2.45, 2.75) is 0 Å². The SMILES string of the molecule is O=S1C=CS(O)(O)C=CC1. The average molecular weight is 180 g/mol. The van der Waals surface area contributed by atoms with Gasteiger partial charge in [-0.1, -0.05) is 6.08 Å². The van der Waals surface area contributed by atoms with Crippen LogP contribution >= 0.6 is 10.6 Å². The van der Waals surface area contributed by atoms with Crippen LogP contribution in [-0.4, -0.2) is 19.1 Å². The van der Waals surface area contributed by atoms with E-state index in [1.54, 1.807) is 0 Å². The molecule has 0 spiro atoms. The summed E-state index contributed by atoms with van der Waals surface area (Å²) in [6.45, 7) is 0. The van der Waals surface area contributed by atoms with Gasteiger partial charge >= 0.3 is 0 Å². The molecule has 0 saturated carbocycles. The standard InChI is InChI=1S/C5H8O3S2/c6-9-2-1-4-10(7,8)5-3-9/h1,3-5,7-8H,2H2. The van der Waals surface area contributed by atoms with Gasteiger partial charge in [0.25, 0.3) is 0 Å². The first kappa shape index (κ1) is 8.00. The van der Waals surface area contributed by atoms with Crippen molar-refractivity contribution in [3.8, 4) is 0 Å². The van der Waals surface area contributed by atoms with E-state index in [-0.39, 0.29) is 0 Å². The zero-order valence-corrected chi connectivity index (χ0v) is 6.77. The second-order valence-corrected chi connectivity index (χ2v) is 5.02. The van der Waals surface area contributed by atoms with Crippen LogP contribution in [0, 0.1) is 0 Å². The lowest BCUT2D eigenvalue weighted by molar-refractivity contribution is 0.511. The third-order valence-corrected chi connectivity index (χ3v) is 3.23. The predicted molar refractivity (Wildman–Crippen MR) is 44.1 cm³/mol. The molecule has 0 amide bonds. The van der Waals surface area contributed by atoms with E-state index < -0.39 is 21.4 Å². The summed E-state index contributed by atoms with van der Waals surface area (Å²) in [5.74, 6) is 0.367. The van der Waals surface area contributed by atoms with E-state index in [4.69, 9.17) is 9.11 Å². The van der Waals surface area contributed by atoms with Crippen LogP contribution in [0.15, 0.2) is 22.3 Å². The van der Waals surface area contributed by atoms with Crippen LogP contribution in [0.4, 0.5) is 0 Å². The van der Waals surface area contributed by atoms with E-state index in [9.17, 15) is 4.21 Å². The minimum Gasteiger partial charge on any atom is -0.291 e. The van der Waals surface area contributed by atoms with Crippen molar-refractivity contribution < 1.29 is 13.3 Å². The second kappa shape index (κ2) is 2.87. The predicted octanol–water partition coefficient (Wildman–Crippen LogP) is 1.48. The van der Waals surface area contributed by atoms with Crippen molar-refractivity contribution in [3.05, 3.63) is 22.3 Å². The molecule has 0 aromatic rings. The largest absolute Gasteiger partial charge is 0.291 e. The van der Waals surface area contributed by atoms with Crippen LogP contribution in [0.5, 0.6) is 0 Å². The van der Waals surface area contributed by atoms with Gasteiger partial charge in [0.2, 0.25) is 0 Å². The average Bonchev–Trinajstić information content (AvgIpc) is 1.94. The van der Waals surface area contributed by atoms with Crippen LogP contribution in [-0.2, 0) is 10.8 Å². The molecule has 1 aliphatic heterocycles. The Kier molecular flexibility index (Phi) is 2.30. The molecule has 1 atom stereocenters. The molecule has 2 N–H and O–H groups in total. The third kappa shape index (κ3) is 2.26. The van der Waals surface area contributed by atoms with Crippen LogP contribution in [0.2, 0.25) is 0 Å². The van der Waals surface area contributed by atoms with Crippen LogP contribution in [0.1, 0.15) is 0 Å². The minimum absolute atomic E-state index is 0.367. The van der Waals surface area contributed by atoms with Gasteiger partial charge in [-0.3, -0.25) is 13.3 Å². The Balaban J connectivity index is 2.84. The first-order valence-corrected chi connectivity index (χ1v) is 5.66. The molecule has 0 saturated heterocycles. The lowest BCUT2D eigenvalue weighted by Gasteiger charge is -2.21. The summed E-state index contributed by atoms with van der Waals surface area (Å²) in [4.78, 5) is 0. The van der Waals surface area contributed by atoms with E-state index in [1.165, 1.54) is 22.3 Å². The first-order chi connectivity index (χ1) is 4.60. The monoisotopic (exact) mass is 180 g/mol. The normalized spacial score (nSPS) is 33.2. The molecule has 0 bridgehead atoms. The van der Waals surface area contributed by atoms with Gasteiger partial charge in [-0.15, -0.1) is 0 Å². The van der Waals surface area contributed by atoms with Crippen LogP contribution in [0.3, 0.4) is 0 Å². The van der Waals surface area contributed by atoms with E-state index in [0.29, 0.717) is 5.75 Å². The molecule has 0 aliphatic carbocycles. The zero-order valence-electron chi connectivity index (χ0n) is 5.14. The molecule has 3 nitrogen and oxygen atoms in total. The first-order valence-electron chi connectivity index (χ1n) is 2.60. The van der Waals surface area contributed by atoms with Crippen molar-refractivity contribution >= 4 is 21.4 Å². The van der Waals surface area contributed by atoms with Gasteiger partial charge in [0, 0.05) is 22.0 Å². The van der Waals surface area contributed by atoms with E-state index in [1.807, 2.05) is 0 Å². The summed E-state index contributed by atoms with van der Waals surface area (Å²) in [6.07, 6.45) is 1.52. The van der Waals surface area contributed by atoms with Gasteiger partial charge in [-0.2, -0.15) is 10.6 Å². The maximum atomic E-state index is 10.7. The van der Waals surface area contributed by atoms with Gasteiger partial charge in [-0.25, -0.2) is 0 Å². The molecule has 0 radical (unpaired) electrons. The second-order valence-electron chi connectivity index (χ2n) is 1.83. The lowest BCUT2D eigenvalue weighted by atomic mass is 10.8. The fourth-order valence-electron chi connectivity index (χ4n) is 0.520. The van der Waals surface area contributed by atoms with Crippen molar-refractivity contribution in [1.82, 2.24) is 0 Å². The highest BCUT2D eigenvalue weighted by Crippen LogP contribution is 2.42. The van der Waals surface area contributed by atoms with Gasteiger partial charge in [0.1, 0.15) is 0 Å². The molecule has 5 heteroatoms. The summed E-state index contributed by atoms with van der Waals surface area (Å²) in [5, 5.41) is 3.79. The van der Waals surface area contributed by atoms with Gasteiger partial charge in [0.15, 0.2) is 0 Å². The molecule has 1 aliphatic rings. The van der Waals surface area contributed by atoms with Gasteiger partial charge in [-0.05, 0) is 0 Å². The maximum absolute atomic E-state index is 10.7. The molecular formula is C5H8O3S2. The van der Waals surface area contributed by atoms with Gasteiger partial charge in [0.05, 0.1) is 10.8 Å². The smallest absolute Gasteiger partial charge is 0.0507 e. The molecular weight excluding hydrogens is 172 g/mol. The highest BCUT2D eigenvalue weighted by molar-refractivity contribution is 8.29. The van der Waals surface area contributed by atoms with E-state index in [2.05, 4.69) is 0 Å². The fourth-order valence-corrected chi connectivity index (χ4v) is 2.66. The summed E-state index contributed by atoms with van der Waals surface area (Å²) in [7, 11) is -3.78. The molecule has 1 unspecified atom stereocenters. The molecule has 0 aromatic carbocycles.